The second-order valence-corrected chi connectivity index (χ2v) is 9.01. The summed E-state index contributed by atoms with van der Waals surface area (Å²) in [5.74, 6) is 6.47. The lowest BCUT2D eigenvalue weighted by Gasteiger charge is -2.24. The third-order valence-corrected chi connectivity index (χ3v) is 5.58. The average molecular weight is 455 g/mol. The molecule has 0 fully saturated rings. The van der Waals surface area contributed by atoms with Crippen LogP contribution in [0.15, 0.2) is 78.9 Å². The van der Waals surface area contributed by atoms with E-state index in [-0.39, 0.29) is 12.0 Å². The highest BCUT2D eigenvalue weighted by atomic mass is 16.5. The molecule has 3 aromatic carbocycles. The van der Waals surface area contributed by atoms with Gasteiger partial charge in [-0.15, -0.1) is 0 Å². The molecule has 3 aromatic rings. The molecule has 0 saturated carbocycles. The van der Waals surface area contributed by atoms with Crippen LogP contribution in [-0.4, -0.2) is 41.1 Å². The van der Waals surface area contributed by atoms with Crippen LogP contribution >= 0.6 is 0 Å². The standard InChI is InChI=1S/C29H30N2O3/c1-29(2,33)16-15-22-9-8-13-24(19-22)28(32)30-17-18-31-20-25-12-6-7-14-26(25)34-27(21-31)23-10-4-3-5-11-23/h3-14,19,27,33H,17-18,20-21H2,1-2H3,(H,30,32)/t27-/m0/s1. The van der Waals surface area contributed by atoms with Crippen molar-refractivity contribution in [3.63, 3.8) is 0 Å². The van der Waals surface area contributed by atoms with Crippen LogP contribution < -0.4 is 10.1 Å². The molecule has 1 amide bonds. The summed E-state index contributed by atoms with van der Waals surface area (Å²) in [5.41, 5.74) is 2.45. The quantitative estimate of drug-likeness (QED) is 0.568. The number of hydrogen-bond donors (Lipinski definition) is 2. The molecule has 34 heavy (non-hydrogen) atoms. The van der Waals surface area contributed by atoms with Crippen molar-refractivity contribution in [1.82, 2.24) is 10.2 Å². The number of amides is 1. The maximum absolute atomic E-state index is 12.7. The predicted octanol–water partition coefficient (Wildman–Crippen LogP) is 4.17. The number of aliphatic hydroxyl groups is 1. The molecule has 5 heteroatoms. The molecule has 5 nitrogen and oxygen atoms in total. The summed E-state index contributed by atoms with van der Waals surface area (Å²) < 4.78 is 6.37. The van der Waals surface area contributed by atoms with E-state index in [4.69, 9.17) is 4.74 Å². The molecule has 0 radical (unpaired) electrons. The summed E-state index contributed by atoms with van der Waals surface area (Å²) in [6, 6.07) is 25.5. The highest BCUT2D eigenvalue weighted by molar-refractivity contribution is 5.94. The predicted molar refractivity (Wildman–Crippen MR) is 133 cm³/mol. The second-order valence-electron chi connectivity index (χ2n) is 9.01. The lowest BCUT2D eigenvalue weighted by molar-refractivity contribution is 0.0943. The van der Waals surface area contributed by atoms with E-state index < -0.39 is 5.60 Å². The molecule has 2 N–H and O–H groups in total. The molecular formula is C29H30N2O3. The molecule has 0 bridgehead atoms. The first-order valence-corrected chi connectivity index (χ1v) is 11.5. The van der Waals surface area contributed by atoms with Crippen molar-refractivity contribution in [3.05, 3.63) is 101 Å². The third-order valence-electron chi connectivity index (χ3n) is 5.58. The Kier molecular flexibility index (Phi) is 7.32. The highest BCUT2D eigenvalue weighted by Crippen LogP contribution is 2.30. The Morgan fingerprint density at radius 2 is 1.85 bits per heavy atom. The minimum absolute atomic E-state index is 0.0772. The Morgan fingerprint density at radius 3 is 2.65 bits per heavy atom. The van der Waals surface area contributed by atoms with E-state index >= 15 is 0 Å². The fourth-order valence-corrected chi connectivity index (χ4v) is 3.88. The van der Waals surface area contributed by atoms with Gasteiger partial charge in [-0.05, 0) is 43.7 Å². The van der Waals surface area contributed by atoms with Gasteiger partial charge in [0, 0.05) is 42.9 Å². The topological polar surface area (TPSA) is 61.8 Å². The zero-order valence-electron chi connectivity index (χ0n) is 19.6. The number of carbonyl (C=O) groups is 1. The highest BCUT2D eigenvalue weighted by Gasteiger charge is 2.24. The van der Waals surface area contributed by atoms with Crippen molar-refractivity contribution in [2.45, 2.75) is 32.1 Å². The van der Waals surface area contributed by atoms with E-state index in [0.29, 0.717) is 24.2 Å². The van der Waals surface area contributed by atoms with Gasteiger partial charge in [0.25, 0.3) is 5.91 Å². The Hall–Kier alpha value is -3.59. The van der Waals surface area contributed by atoms with Crippen molar-refractivity contribution in [2.75, 3.05) is 19.6 Å². The lowest BCUT2D eigenvalue weighted by Crippen LogP contribution is -2.36. The van der Waals surface area contributed by atoms with Crippen LogP contribution in [0.2, 0.25) is 0 Å². The van der Waals surface area contributed by atoms with E-state index in [1.165, 1.54) is 0 Å². The van der Waals surface area contributed by atoms with Crippen molar-refractivity contribution >= 4 is 5.91 Å². The molecule has 174 valence electrons. The van der Waals surface area contributed by atoms with E-state index in [2.05, 4.69) is 40.3 Å². The summed E-state index contributed by atoms with van der Waals surface area (Å²) in [7, 11) is 0. The molecule has 1 aliphatic rings. The van der Waals surface area contributed by atoms with Gasteiger partial charge in [0.1, 0.15) is 17.5 Å². The van der Waals surface area contributed by atoms with E-state index in [0.717, 1.165) is 30.0 Å². The largest absolute Gasteiger partial charge is 0.484 e. The zero-order chi connectivity index (χ0) is 24.0. The number of para-hydroxylation sites is 1. The molecule has 1 atom stereocenters. The van der Waals surface area contributed by atoms with Crippen LogP contribution in [0.25, 0.3) is 0 Å². The fraction of sp³-hybridized carbons (Fsp3) is 0.276. The molecule has 1 aliphatic heterocycles. The average Bonchev–Trinajstić information content (AvgIpc) is 3.02. The first-order chi connectivity index (χ1) is 16.4. The van der Waals surface area contributed by atoms with Crippen LogP contribution in [0.3, 0.4) is 0 Å². The van der Waals surface area contributed by atoms with Crippen LogP contribution in [0.5, 0.6) is 5.75 Å². The molecule has 0 aliphatic carbocycles. The Morgan fingerprint density at radius 1 is 1.09 bits per heavy atom. The van der Waals surface area contributed by atoms with Gasteiger partial charge in [-0.1, -0.05) is 66.4 Å². The van der Waals surface area contributed by atoms with E-state index in [1.807, 2.05) is 42.5 Å². The van der Waals surface area contributed by atoms with Gasteiger partial charge in [-0.25, -0.2) is 0 Å². The molecule has 0 spiro atoms. The van der Waals surface area contributed by atoms with Crippen molar-refractivity contribution in [1.29, 1.82) is 0 Å². The van der Waals surface area contributed by atoms with Gasteiger partial charge in [-0.2, -0.15) is 0 Å². The molecule has 0 aromatic heterocycles. The van der Waals surface area contributed by atoms with E-state index in [9.17, 15) is 9.90 Å². The minimum atomic E-state index is -1.08. The second kappa shape index (κ2) is 10.6. The van der Waals surface area contributed by atoms with Gasteiger partial charge in [0.05, 0.1) is 0 Å². The Bertz CT molecular complexity index is 1190. The number of benzene rings is 3. The SMILES string of the molecule is CC(C)(O)C#Cc1cccc(C(=O)NCCN2Cc3ccccc3O[C@H](c3ccccc3)C2)c1. The van der Waals surface area contributed by atoms with Crippen molar-refractivity contribution < 1.29 is 14.6 Å². The maximum atomic E-state index is 12.7. The van der Waals surface area contributed by atoms with Crippen LogP contribution in [0.4, 0.5) is 0 Å². The first kappa shape index (κ1) is 23.6. The minimum Gasteiger partial charge on any atom is -0.484 e. The lowest BCUT2D eigenvalue weighted by atomic mass is 10.1. The number of nitrogens with zero attached hydrogens (tertiary/aromatic N) is 1. The number of rotatable bonds is 5. The maximum Gasteiger partial charge on any atom is 0.251 e. The Labute approximate surface area is 201 Å². The molecule has 0 saturated heterocycles. The number of hydrogen-bond acceptors (Lipinski definition) is 4. The zero-order valence-corrected chi connectivity index (χ0v) is 19.6. The molecule has 1 heterocycles. The van der Waals surface area contributed by atoms with Crippen molar-refractivity contribution in [3.8, 4) is 17.6 Å². The molecular weight excluding hydrogens is 424 g/mol. The molecule has 4 rings (SSSR count). The normalized spacial score (nSPS) is 15.8. The number of nitrogens with one attached hydrogen (secondary N) is 1. The van der Waals surface area contributed by atoms with Crippen LogP contribution in [0.1, 0.15) is 47.0 Å². The summed E-state index contributed by atoms with van der Waals surface area (Å²) in [5, 5.41) is 12.8. The smallest absolute Gasteiger partial charge is 0.251 e. The van der Waals surface area contributed by atoms with Gasteiger partial charge in [0.15, 0.2) is 0 Å². The van der Waals surface area contributed by atoms with E-state index in [1.54, 1.807) is 32.0 Å². The summed E-state index contributed by atoms with van der Waals surface area (Å²) in [6.07, 6.45) is -0.0772. The van der Waals surface area contributed by atoms with Gasteiger partial charge in [0.2, 0.25) is 0 Å². The number of fused-ring (bicyclic) bond motifs is 1. The first-order valence-electron chi connectivity index (χ1n) is 11.5. The van der Waals surface area contributed by atoms with Crippen LogP contribution in [-0.2, 0) is 6.54 Å². The summed E-state index contributed by atoms with van der Waals surface area (Å²) in [4.78, 5) is 15.1. The summed E-state index contributed by atoms with van der Waals surface area (Å²) >= 11 is 0. The van der Waals surface area contributed by atoms with Gasteiger partial charge < -0.3 is 15.2 Å². The van der Waals surface area contributed by atoms with Crippen LogP contribution in [0, 0.1) is 11.8 Å². The number of ether oxygens (including phenoxy) is 1. The Balaban J connectivity index is 1.41. The number of carbonyl (C=O) groups excluding carboxylic acids is 1. The van der Waals surface area contributed by atoms with Gasteiger partial charge >= 0.3 is 0 Å². The monoisotopic (exact) mass is 454 g/mol. The fourth-order valence-electron chi connectivity index (χ4n) is 3.88. The van der Waals surface area contributed by atoms with Gasteiger partial charge in [-0.3, -0.25) is 9.69 Å². The van der Waals surface area contributed by atoms with Crippen molar-refractivity contribution in [2.24, 2.45) is 0 Å². The third kappa shape index (κ3) is 6.48. The summed E-state index contributed by atoms with van der Waals surface area (Å²) in [6.45, 7) is 5.97. The molecule has 0 unspecified atom stereocenters.